The molecule has 0 amide bonds. The summed E-state index contributed by atoms with van der Waals surface area (Å²) in [6, 6.07) is 39.7. The molecule has 1 N–H and O–H groups in total. The van der Waals surface area contributed by atoms with Gasteiger partial charge in [0.2, 0.25) is 0 Å². The van der Waals surface area contributed by atoms with E-state index < -0.39 is 5.60 Å². The summed E-state index contributed by atoms with van der Waals surface area (Å²) in [5, 5.41) is 11.5. The number of aliphatic hydroxyl groups is 1. The van der Waals surface area contributed by atoms with Crippen LogP contribution in [0.2, 0.25) is 0 Å². The summed E-state index contributed by atoms with van der Waals surface area (Å²) in [6.45, 7) is 4.84. The second kappa shape index (κ2) is 11.9. The number of hydrogen-bond donors (Lipinski definition) is 1. The standard InChI is InChI=1S/C44H38O5/c1-43(2)38-27-28(33-9-7-8-12-39(33)47-4)13-22-36(38)40-34-10-5-6-11-35(34)42-37(41(40)43)23-24-44(49-42,29-14-18-31(46-3)19-15-29)30-16-20-32(21-17-30)48-26-25-45/h5-24,27,45H,25-26H2,1-4H3. The molecule has 1 heterocycles. The lowest BCUT2D eigenvalue weighted by molar-refractivity contribution is 0.163. The van der Waals surface area contributed by atoms with Gasteiger partial charge in [0.15, 0.2) is 5.60 Å². The maximum atomic E-state index is 9.28. The highest BCUT2D eigenvalue weighted by Crippen LogP contribution is 2.58. The lowest BCUT2D eigenvalue weighted by Crippen LogP contribution is -2.35. The molecule has 6 aromatic carbocycles. The molecule has 0 bridgehead atoms. The van der Waals surface area contributed by atoms with Crippen molar-refractivity contribution in [1.82, 2.24) is 0 Å². The van der Waals surface area contributed by atoms with Crippen molar-refractivity contribution < 1.29 is 24.1 Å². The first-order chi connectivity index (χ1) is 23.9. The Morgan fingerprint density at radius 3 is 2.06 bits per heavy atom. The molecule has 0 radical (unpaired) electrons. The topological polar surface area (TPSA) is 57.2 Å². The van der Waals surface area contributed by atoms with E-state index in [4.69, 9.17) is 18.9 Å². The van der Waals surface area contributed by atoms with Crippen LogP contribution in [-0.2, 0) is 11.0 Å². The van der Waals surface area contributed by atoms with Crippen LogP contribution in [0.4, 0.5) is 0 Å². The van der Waals surface area contributed by atoms with Crippen LogP contribution in [0, 0.1) is 0 Å². The van der Waals surface area contributed by atoms with Gasteiger partial charge in [0.05, 0.1) is 20.8 Å². The van der Waals surface area contributed by atoms with E-state index in [0.29, 0.717) is 5.75 Å². The number of benzene rings is 6. The number of rotatable bonds is 8. The third kappa shape index (κ3) is 4.80. The van der Waals surface area contributed by atoms with E-state index in [-0.39, 0.29) is 18.6 Å². The molecule has 0 aromatic heterocycles. The van der Waals surface area contributed by atoms with Gasteiger partial charge in [0.1, 0.15) is 29.6 Å². The zero-order valence-corrected chi connectivity index (χ0v) is 28.1. The number of hydrogen-bond acceptors (Lipinski definition) is 5. The van der Waals surface area contributed by atoms with Gasteiger partial charge in [-0.3, -0.25) is 0 Å². The van der Waals surface area contributed by atoms with Crippen molar-refractivity contribution in [3.05, 3.63) is 149 Å². The van der Waals surface area contributed by atoms with E-state index >= 15 is 0 Å². The molecule has 8 rings (SSSR count). The molecule has 244 valence electrons. The van der Waals surface area contributed by atoms with Crippen molar-refractivity contribution in [3.8, 4) is 45.3 Å². The van der Waals surface area contributed by atoms with E-state index in [1.807, 2.05) is 48.5 Å². The lowest BCUT2D eigenvalue weighted by Gasteiger charge is -2.38. The lowest BCUT2D eigenvalue weighted by atomic mass is 9.76. The minimum atomic E-state index is -0.918. The molecule has 49 heavy (non-hydrogen) atoms. The number of ether oxygens (including phenoxy) is 4. The highest BCUT2D eigenvalue weighted by molar-refractivity contribution is 6.08. The molecule has 1 atom stereocenters. The predicted octanol–water partition coefficient (Wildman–Crippen LogP) is 9.55. The van der Waals surface area contributed by atoms with Crippen molar-refractivity contribution in [2.45, 2.75) is 24.9 Å². The van der Waals surface area contributed by atoms with Crippen molar-refractivity contribution in [1.29, 1.82) is 0 Å². The average Bonchev–Trinajstić information content (AvgIpc) is 3.40. The normalized spacial score (nSPS) is 16.8. The average molecular weight is 647 g/mol. The van der Waals surface area contributed by atoms with Crippen LogP contribution in [0.25, 0.3) is 39.1 Å². The van der Waals surface area contributed by atoms with E-state index in [1.165, 1.54) is 27.6 Å². The number of fused-ring (bicyclic) bond motifs is 8. The van der Waals surface area contributed by atoms with Crippen LogP contribution >= 0.6 is 0 Å². The monoisotopic (exact) mass is 646 g/mol. The van der Waals surface area contributed by atoms with Gasteiger partial charge < -0.3 is 24.1 Å². The Balaban J connectivity index is 1.33. The van der Waals surface area contributed by atoms with Crippen LogP contribution < -0.4 is 18.9 Å². The van der Waals surface area contributed by atoms with Gasteiger partial charge in [0.25, 0.3) is 0 Å². The molecule has 0 saturated heterocycles. The Kier molecular flexibility index (Phi) is 7.46. The SMILES string of the molecule is COc1ccc(C2(c3ccc(OCCO)cc3)C=Cc3c4c(c5ccccc5c3O2)-c2ccc(-c3ccccc3OC)cc2C4(C)C)cc1. The first kappa shape index (κ1) is 30.8. The van der Waals surface area contributed by atoms with E-state index in [0.717, 1.165) is 50.5 Å². The Morgan fingerprint density at radius 2 is 1.37 bits per heavy atom. The predicted molar refractivity (Wildman–Crippen MR) is 196 cm³/mol. The maximum Gasteiger partial charge on any atom is 0.178 e. The summed E-state index contributed by atoms with van der Waals surface area (Å²) < 4.78 is 24.4. The highest BCUT2D eigenvalue weighted by Gasteiger charge is 2.44. The summed E-state index contributed by atoms with van der Waals surface area (Å²) >= 11 is 0. The molecular weight excluding hydrogens is 608 g/mol. The van der Waals surface area contributed by atoms with Gasteiger partial charge >= 0.3 is 0 Å². The van der Waals surface area contributed by atoms with Crippen molar-refractivity contribution >= 4 is 16.8 Å². The molecule has 2 aliphatic rings. The van der Waals surface area contributed by atoms with E-state index in [2.05, 4.69) is 92.7 Å². The molecule has 1 unspecified atom stereocenters. The van der Waals surface area contributed by atoms with Crippen LogP contribution in [0.1, 0.15) is 41.7 Å². The number of aliphatic hydroxyl groups excluding tert-OH is 1. The van der Waals surface area contributed by atoms with E-state index in [1.54, 1.807) is 14.2 Å². The van der Waals surface area contributed by atoms with Gasteiger partial charge in [-0.05, 0) is 75.7 Å². The van der Waals surface area contributed by atoms with Crippen molar-refractivity contribution in [2.75, 3.05) is 27.4 Å². The Labute approximate surface area is 287 Å². The van der Waals surface area contributed by atoms with Gasteiger partial charge in [-0.1, -0.05) is 98.8 Å². The van der Waals surface area contributed by atoms with Crippen molar-refractivity contribution in [3.63, 3.8) is 0 Å². The summed E-state index contributed by atoms with van der Waals surface area (Å²) in [4.78, 5) is 0. The summed E-state index contributed by atoms with van der Waals surface area (Å²) in [5.74, 6) is 3.19. The Hall–Kier alpha value is -5.52. The van der Waals surface area contributed by atoms with Gasteiger partial charge in [0, 0.05) is 33.1 Å². The fraction of sp³-hybridized carbons (Fsp3) is 0.182. The molecule has 0 fully saturated rings. The minimum absolute atomic E-state index is 0.0421. The van der Waals surface area contributed by atoms with Crippen LogP contribution in [0.15, 0.2) is 121 Å². The first-order valence-electron chi connectivity index (χ1n) is 16.6. The number of para-hydroxylation sites is 1. The van der Waals surface area contributed by atoms with Crippen LogP contribution in [0.5, 0.6) is 23.0 Å². The van der Waals surface area contributed by atoms with Gasteiger partial charge in [-0.2, -0.15) is 0 Å². The molecule has 1 aliphatic carbocycles. The minimum Gasteiger partial charge on any atom is -0.497 e. The smallest absolute Gasteiger partial charge is 0.178 e. The summed E-state index contributed by atoms with van der Waals surface area (Å²) in [5.41, 5.74) is 9.07. The second-order valence-electron chi connectivity index (χ2n) is 13.1. The quantitative estimate of drug-likeness (QED) is 0.179. The third-order valence-corrected chi connectivity index (χ3v) is 10.1. The highest BCUT2D eigenvalue weighted by atomic mass is 16.5. The molecule has 0 saturated carbocycles. The summed E-state index contributed by atoms with van der Waals surface area (Å²) in [7, 11) is 3.40. The maximum absolute atomic E-state index is 9.28. The fourth-order valence-electron chi connectivity index (χ4n) is 7.76. The zero-order valence-electron chi connectivity index (χ0n) is 28.1. The Bertz CT molecular complexity index is 2230. The molecule has 1 aliphatic heterocycles. The fourth-order valence-corrected chi connectivity index (χ4v) is 7.76. The molecule has 0 spiro atoms. The second-order valence-corrected chi connectivity index (χ2v) is 13.1. The van der Waals surface area contributed by atoms with Gasteiger partial charge in [-0.15, -0.1) is 0 Å². The van der Waals surface area contributed by atoms with Gasteiger partial charge in [-0.25, -0.2) is 0 Å². The molecular formula is C44H38O5. The Morgan fingerprint density at radius 1 is 0.694 bits per heavy atom. The van der Waals surface area contributed by atoms with Crippen molar-refractivity contribution in [2.24, 2.45) is 0 Å². The molecule has 5 nitrogen and oxygen atoms in total. The third-order valence-electron chi connectivity index (χ3n) is 10.1. The molecule has 5 heteroatoms. The van der Waals surface area contributed by atoms with E-state index in [9.17, 15) is 5.11 Å². The number of methoxy groups -OCH3 is 2. The molecule has 6 aromatic rings. The zero-order chi connectivity index (χ0) is 33.8. The summed E-state index contributed by atoms with van der Waals surface area (Å²) in [6.07, 6.45) is 4.45. The first-order valence-corrected chi connectivity index (χ1v) is 16.6. The van der Waals surface area contributed by atoms with Crippen LogP contribution in [-0.4, -0.2) is 32.5 Å². The largest absolute Gasteiger partial charge is 0.497 e. The van der Waals surface area contributed by atoms with Crippen LogP contribution in [0.3, 0.4) is 0 Å².